The molecule has 8 heteroatoms. The molecule has 0 radical (unpaired) electrons. The third kappa shape index (κ3) is 3.36. The van der Waals surface area contributed by atoms with Crippen molar-refractivity contribution in [2.24, 2.45) is 11.8 Å². The Morgan fingerprint density at radius 2 is 1.83 bits per heavy atom. The summed E-state index contributed by atoms with van der Waals surface area (Å²) in [5.74, 6) is 3.60. The first-order chi connectivity index (χ1) is 14.6. The number of para-hydroxylation sites is 1. The second kappa shape index (κ2) is 7.59. The van der Waals surface area contributed by atoms with Gasteiger partial charge in [-0.15, -0.1) is 15.3 Å². The maximum Gasteiger partial charge on any atom is 0.260 e. The topological polar surface area (TPSA) is 75.9 Å². The number of carbonyl (C=O) groups excluding carboxylic acids is 1. The van der Waals surface area contributed by atoms with Gasteiger partial charge in [-0.2, -0.15) is 4.52 Å². The average molecular weight is 406 g/mol. The molecular formula is C22H26N6O2. The number of aryl methyl sites for hydroxylation is 2. The largest absolute Gasteiger partial charge is 0.484 e. The molecule has 30 heavy (non-hydrogen) atoms. The molecule has 2 atom stereocenters. The number of aromatic nitrogens is 4. The molecule has 4 heterocycles. The SMILES string of the molecule is CCc1nnc2ccc(N3CC4CN(C(=O)COc5ccccc5C)CC4C3)nn12. The van der Waals surface area contributed by atoms with Gasteiger partial charge < -0.3 is 14.5 Å². The number of nitrogens with zero attached hydrogens (tertiary/aromatic N) is 6. The van der Waals surface area contributed by atoms with Gasteiger partial charge in [-0.05, 0) is 30.7 Å². The van der Waals surface area contributed by atoms with E-state index < -0.39 is 0 Å². The third-order valence-corrected chi connectivity index (χ3v) is 6.24. The first kappa shape index (κ1) is 18.8. The fourth-order valence-corrected chi connectivity index (χ4v) is 4.55. The summed E-state index contributed by atoms with van der Waals surface area (Å²) in [5.41, 5.74) is 1.82. The summed E-state index contributed by atoms with van der Waals surface area (Å²) < 4.78 is 7.59. The molecule has 0 bridgehead atoms. The minimum Gasteiger partial charge on any atom is -0.484 e. The van der Waals surface area contributed by atoms with E-state index in [9.17, 15) is 4.79 Å². The van der Waals surface area contributed by atoms with Crippen LogP contribution in [0.15, 0.2) is 36.4 Å². The van der Waals surface area contributed by atoms with Crippen LogP contribution in [0, 0.1) is 18.8 Å². The van der Waals surface area contributed by atoms with Crippen LogP contribution in [0.25, 0.3) is 5.65 Å². The van der Waals surface area contributed by atoms with Crippen molar-refractivity contribution in [3.8, 4) is 5.75 Å². The molecule has 2 fully saturated rings. The first-order valence-electron chi connectivity index (χ1n) is 10.5. The van der Waals surface area contributed by atoms with Crippen LogP contribution < -0.4 is 9.64 Å². The van der Waals surface area contributed by atoms with Crippen LogP contribution in [0.2, 0.25) is 0 Å². The quantitative estimate of drug-likeness (QED) is 0.645. The highest BCUT2D eigenvalue weighted by atomic mass is 16.5. The van der Waals surface area contributed by atoms with E-state index in [2.05, 4.69) is 22.0 Å². The minimum absolute atomic E-state index is 0.0656. The van der Waals surface area contributed by atoms with E-state index in [0.29, 0.717) is 11.8 Å². The number of hydrogen-bond acceptors (Lipinski definition) is 6. The molecular weight excluding hydrogens is 380 g/mol. The van der Waals surface area contributed by atoms with Crippen molar-refractivity contribution in [2.45, 2.75) is 20.3 Å². The highest BCUT2D eigenvalue weighted by Gasteiger charge is 2.42. The van der Waals surface area contributed by atoms with Crippen LogP contribution in [0.3, 0.4) is 0 Å². The lowest BCUT2D eigenvalue weighted by Gasteiger charge is -2.22. The van der Waals surface area contributed by atoms with Crippen molar-refractivity contribution >= 4 is 17.4 Å². The normalized spacial score (nSPS) is 20.7. The van der Waals surface area contributed by atoms with E-state index in [0.717, 1.165) is 61.2 Å². The van der Waals surface area contributed by atoms with Crippen molar-refractivity contribution in [3.05, 3.63) is 47.8 Å². The van der Waals surface area contributed by atoms with Gasteiger partial charge in [0.15, 0.2) is 18.1 Å². The molecule has 1 aromatic carbocycles. The maximum absolute atomic E-state index is 12.7. The zero-order valence-electron chi connectivity index (χ0n) is 17.4. The van der Waals surface area contributed by atoms with E-state index in [1.807, 2.05) is 52.7 Å². The van der Waals surface area contributed by atoms with E-state index in [4.69, 9.17) is 9.84 Å². The number of rotatable bonds is 5. The number of amides is 1. The Morgan fingerprint density at radius 1 is 1.07 bits per heavy atom. The van der Waals surface area contributed by atoms with Crippen molar-refractivity contribution in [2.75, 3.05) is 37.7 Å². The zero-order valence-corrected chi connectivity index (χ0v) is 17.4. The lowest BCUT2D eigenvalue weighted by molar-refractivity contribution is -0.132. The van der Waals surface area contributed by atoms with Gasteiger partial charge in [-0.1, -0.05) is 25.1 Å². The molecule has 3 aromatic rings. The van der Waals surface area contributed by atoms with Crippen molar-refractivity contribution in [3.63, 3.8) is 0 Å². The van der Waals surface area contributed by atoms with Crippen LogP contribution >= 0.6 is 0 Å². The lowest BCUT2D eigenvalue weighted by Crippen LogP contribution is -2.36. The number of hydrogen-bond donors (Lipinski definition) is 0. The molecule has 0 spiro atoms. The van der Waals surface area contributed by atoms with Crippen LogP contribution in [0.4, 0.5) is 5.82 Å². The van der Waals surface area contributed by atoms with Crippen LogP contribution in [-0.4, -0.2) is 63.4 Å². The van der Waals surface area contributed by atoms with Crippen molar-refractivity contribution < 1.29 is 9.53 Å². The van der Waals surface area contributed by atoms with Crippen molar-refractivity contribution in [1.82, 2.24) is 24.7 Å². The molecule has 2 saturated heterocycles. The Hall–Kier alpha value is -3.16. The molecule has 8 nitrogen and oxygen atoms in total. The first-order valence-corrected chi connectivity index (χ1v) is 10.5. The Balaban J connectivity index is 1.20. The summed E-state index contributed by atoms with van der Waals surface area (Å²) >= 11 is 0. The van der Waals surface area contributed by atoms with E-state index >= 15 is 0 Å². The Morgan fingerprint density at radius 3 is 2.57 bits per heavy atom. The van der Waals surface area contributed by atoms with E-state index in [1.54, 1.807) is 0 Å². The van der Waals surface area contributed by atoms with Gasteiger partial charge in [0.1, 0.15) is 11.6 Å². The number of benzene rings is 1. The predicted molar refractivity (Wildman–Crippen MR) is 113 cm³/mol. The number of likely N-dealkylation sites (tertiary alicyclic amines) is 1. The van der Waals surface area contributed by atoms with Gasteiger partial charge in [-0.25, -0.2) is 0 Å². The fraction of sp³-hybridized carbons (Fsp3) is 0.455. The zero-order chi connectivity index (χ0) is 20.7. The van der Waals surface area contributed by atoms with Crippen molar-refractivity contribution in [1.29, 1.82) is 0 Å². The molecule has 0 N–H and O–H groups in total. The predicted octanol–water partition coefficient (Wildman–Crippen LogP) is 1.97. The third-order valence-electron chi connectivity index (χ3n) is 6.24. The molecule has 156 valence electrons. The monoisotopic (exact) mass is 406 g/mol. The molecule has 2 aliphatic heterocycles. The molecule has 2 aliphatic rings. The Bertz CT molecular complexity index is 1070. The molecule has 0 saturated carbocycles. The van der Waals surface area contributed by atoms with E-state index in [-0.39, 0.29) is 12.5 Å². The van der Waals surface area contributed by atoms with Gasteiger partial charge in [0.25, 0.3) is 5.91 Å². The molecule has 1 amide bonds. The Labute approximate surface area is 175 Å². The molecule has 2 unspecified atom stereocenters. The van der Waals surface area contributed by atoms with Gasteiger partial charge in [0.2, 0.25) is 0 Å². The molecule has 0 aliphatic carbocycles. The van der Waals surface area contributed by atoms with Crippen LogP contribution in [-0.2, 0) is 11.2 Å². The second-order valence-corrected chi connectivity index (χ2v) is 8.21. The molecule has 5 rings (SSSR count). The van der Waals surface area contributed by atoms with Gasteiger partial charge in [0, 0.05) is 44.4 Å². The summed E-state index contributed by atoms with van der Waals surface area (Å²) in [6, 6.07) is 11.8. The summed E-state index contributed by atoms with van der Waals surface area (Å²) in [7, 11) is 0. The standard InChI is InChI=1S/C22H26N6O2/c1-3-19-23-24-20-8-9-21(25-28(19)20)26-10-16-12-27(13-17(16)11-26)22(29)14-30-18-7-5-4-6-15(18)2/h4-9,16-17H,3,10-14H2,1-2H3. The average Bonchev–Trinajstić information content (AvgIpc) is 3.45. The van der Waals surface area contributed by atoms with Crippen LogP contribution in [0.1, 0.15) is 18.3 Å². The number of fused-ring (bicyclic) bond motifs is 2. The molecule has 2 aromatic heterocycles. The van der Waals surface area contributed by atoms with Gasteiger partial charge >= 0.3 is 0 Å². The fourth-order valence-electron chi connectivity index (χ4n) is 4.55. The van der Waals surface area contributed by atoms with E-state index in [1.165, 1.54) is 0 Å². The number of ether oxygens (including phenoxy) is 1. The lowest BCUT2D eigenvalue weighted by atomic mass is 10.0. The Kier molecular flexibility index (Phi) is 4.77. The highest BCUT2D eigenvalue weighted by molar-refractivity contribution is 5.78. The number of anilines is 1. The summed E-state index contributed by atoms with van der Waals surface area (Å²) in [6.45, 7) is 7.53. The maximum atomic E-state index is 12.7. The summed E-state index contributed by atoms with van der Waals surface area (Å²) in [4.78, 5) is 16.9. The van der Waals surface area contributed by atoms with Gasteiger partial charge in [-0.3, -0.25) is 4.79 Å². The minimum atomic E-state index is 0.0656. The smallest absolute Gasteiger partial charge is 0.260 e. The summed E-state index contributed by atoms with van der Waals surface area (Å²) in [6.07, 6.45) is 0.796. The summed E-state index contributed by atoms with van der Waals surface area (Å²) in [5, 5.41) is 13.1. The van der Waals surface area contributed by atoms with Gasteiger partial charge in [0.05, 0.1) is 0 Å². The highest BCUT2D eigenvalue weighted by Crippen LogP contribution is 2.33. The van der Waals surface area contributed by atoms with Crippen LogP contribution in [0.5, 0.6) is 5.75 Å². The number of carbonyl (C=O) groups is 1. The second-order valence-electron chi connectivity index (χ2n) is 8.21.